The maximum absolute atomic E-state index is 13.1. The largest absolute Gasteiger partial charge is 0.454 e. The van der Waals surface area contributed by atoms with Crippen LogP contribution in [0.2, 0.25) is 5.15 Å². The van der Waals surface area contributed by atoms with E-state index in [1.165, 1.54) is 12.1 Å². The molecule has 4 heteroatoms. The van der Waals surface area contributed by atoms with E-state index in [9.17, 15) is 4.39 Å². The van der Waals surface area contributed by atoms with Gasteiger partial charge in [-0.05, 0) is 24.3 Å². The van der Waals surface area contributed by atoms with Crippen LogP contribution in [0.4, 0.5) is 4.39 Å². The SMILES string of the molecule is Fc1cccc(Oc2cc3ccccc3nc2Cl)c1. The van der Waals surface area contributed by atoms with Gasteiger partial charge in [-0.3, -0.25) is 0 Å². The Morgan fingerprint density at radius 2 is 1.84 bits per heavy atom. The van der Waals surface area contributed by atoms with Crippen molar-refractivity contribution in [2.75, 3.05) is 0 Å². The zero-order valence-electron chi connectivity index (χ0n) is 9.81. The quantitative estimate of drug-likeness (QED) is 0.625. The standard InChI is InChI=1S/C15H9ClFNO/c16-15-14(19-12-6-3-5-11(17)9-12)8-10-4-1-2-7-13(10)18-15/h1-9H. The molecule has 3 aromatic rings. The fraction of sp³-hybridized carbons (Fsp3) is 0. The Balaban J connectivity index is 2.03. The Labute approximate surface area is 114 Å². The summed E-state index contributed by atoms with van der Waals surface area (Å²) in [5.41, 5.74) is 0.791. The third-order valence-electron chi connectivity index (χ3n) is 2.67. The number of ether oxygens (including phenoxy) is 1. The van der Waals surface area contributed by atoms with E-state index in [0.717, 1.165) is 10.9 Å². The Bertz CT molecular complexity index is 745. The first-order chi connectivity index (χ1) is 9.22. The number of nitrogens with zero attached hydrogens (tertiary/aromatic N) is 1. The van der Waals surface area contributed by atoms with Gasteiger partial charge in [-0.15, -0.1) is 0 Å². The van der Waals surface area contributed by atoms with Gasteiger partial charge in [0.05, 0.1) is 5.52 Å². The molecular weight excluding hydrogens is 265 g/mol. The molecule has 94 valence electrons. The van der Waals surface area contributed by atoms with Crippen molar-refractivity contribution in [1.82, 2.24) is 4.98 Å². The number of rotatable bonds is 2. The van der Waals surface area contributed by atoms with Gasteiger partial charge in [-0.1, -0.05) is 35.9 Å². The van der Waals surface area contributed by atoms with Gasteiger partial charge in [0.15, 0.2) is 10.9 Å². The third-order valence-corrected chi connectivity index (χ3v) is 2.94. The van der Waals surface area contributed by atoms with Gasteiger partial charge in [0.25, 0.3) is 0 Å². The zero-order valence-corrected chi connectivity index (χ0v) is 10.6. The van der Waals surface area contributed by atoms with Crippen LogP contribution in [0.15, 0.2) is 54.6 Å². The molecule has 0 saturated carbocycles. The van der Waals surface area contributed by atoms with E-state index in [0.29, 0.717) is 11.5 Å². The molecule has 0 amide bonds. The van der Waals surface area contributed by atoms with Crippen LogP contribution in [-0.4, -0.2) is 4.98 Å². The van der Waals surface area contributed by atoms with Crippen molar-refractivity contribution in [1.29, 1.82) is 0 Å². The minimum Gasteiger partial charge on any atom is -0.454 e. The lowest BCUT2D eigenvalue weighted by Gasteiger charge is -2.08. The van der Waals surface area contributed by atoms with E-state index in [-0.39, 0.29) is 11.0 Å². The van der Waals surface area contributed by atoms with Gasteiger partial charge < -0.3 is 4.74 Å². The second-order valence-electron chi connectivity index (χ2n) is 4.03. The van der Waals surface area contributed by atoms with E-state index in [2.05, 4.69) is 4.98 Å². The highest BCUT2D eigenvalue weighted by molar-refractivity contribution is 6.31. The van der Waals surface area contributed by atoms with E-state index in [1.54, 1.807) is 18.2 Å². The van der Waals surface area contributed by atoms with E-state index >= 15 is 0 Å². The normalized spacial score (nSPS) is 10.6. The minimum atomic E-state index is -0.359. The number of benzene rings is 2. The van der Waals surface area contributed by atoms with Gasteiger partial charge in [-0.2, -0.15) is 0 Å². The topological polar surface area (TPSA) is 22.1 Å². The lowest BCUT2D eigenvalue weighted by Crippen LogP contribution is -1.89. The van der Waals surface area contributed by atoms with Crippen LogP contribution >= 0.6 is 11.6 Å². The number of fused-ring (bicyclic) bond motifs is 1. The van der Waals surface area contributed by atoms with Crippen molar-refractivity contribution in [3.05, 3.63) is 65.6 Å². The van der Waals surface area contributed by atoms with Crippen molar-refractivity contribution in [2.24, 2.45) is 0 Å². The second kappa shape index (κ2) is 4.86. The Morgan fingerprint density at radius 3 is 2.68 bits per heavy atom. The van der Waals surface area contributed by atoms with E-state index in [4.69, 9.17) is 16.3 Å². The molecule has 1 heterocycles. The number of pyridine rings is 1. The van der Waals surface area contributed by atoms with Gasteiger partial charge in [0.2, 0.25) is 0 Å². The van der Waals surface area contributed by atoms with Crippen molar-refractivity contribution >= 4 is 22.5 Å². The summed E-state index contributed by atoms with van der Waals surface area (Å²) in [6.45, 7) is 0. The molecule has 1 aromatic heterocycles. The van der Waals surface area contributed by atoms with Crippen molar-refractivity contribution < 1.29 is 9.13 Å². The van der Waals surface area contributed by atoms with E-state index in [1.807, 2.05) is 24.3 Å². The summed E-state index contributed by atoms with van der Waals surface area (Å²) in [7, 11) is 0. The smallest absolute Gasteiger partial charge is 0.172 e. The number of aromatic nitrogens is 1. The average molecular weight is 274 g/mol. The second-order valence-corrected chi connectivity index (χ2v) is 4.39. The summed E-state index contributed by atoms with van der Waals surface area (Å²) in [5, 5.41) is 1.17. The molecule has 0 bridgehead atoms. The third kappa shape index (κ3) is 2.51. The predicted octanol–water partition coefficient (Wildman–Crippen LogP) is 4.82. The highest BCUT2D eigenvalue weighted by Gasteiger charge is 2.07. The summed E-state index contributed by atoms with van der Waals surface area (Å²) in [5.74, 6) is 0.437. The summed E-state index contributed by atoms with van der Waals surface area (Å²) >= 11 is 6.06. The van der Waals surface area contributed by atoms with Gasteiger partial charge in [0.1, 0.15) is 11.6 Å². The van der Waals surface area contributed by atoms with Crippen LogP contribution in [0, 0.1) is 5.82 Å². The molecule has 0 aliphatic carbocycles. The first kappa shape index (κ1) is 11.9. The average Bonchev–Trinajstić information content (AvgIpc) is 2.40. The summed E-state index contributed by atoms with van der Waals surface area (Å²) in [6.07, 6.45) is 0. The molecule has 2 aromatic carbocycles. The van der Waals surface area contributed by atoms with Crippen molar-refractivity contribution in [3.8, 4) is 11.5 Å². The van der Waals surface area contributed by atoms with Crippen LogP contribution < -0.4 is 4.74 Å². The Hall–Kier alpha value is -2.13. The number of halogens is 2. The highest BCUT2D eigenvalue weighted by Crippen LogP contribution is 2.31. The molecule has 0 aliphatic heterocycles. The Morgan fingerprint density at radius 1 is 1.00 bits per heavy atom. The molecule has 3 rings (SSSR count). The molecule has 2 nitrogen and oxygen atoms in total. The summed E-state index contributed by atoms with van der Waals surface area (Å²) in [4.78, 5) is 4.24. The van der Waals surface area contributed by atoms with E-state index < -0.39 is 0 Å². The van der Waals surface area contributed by atoms with Crippen molar-refractivity contribution in [3.63, 3.8) is 0 Å². The molecule has 19 heavy (non-hydrogen) atoms. The molecule has 0 fully saturated rings. The number of para-hydroxylation sites is 1. The van der Waals surface area contributed by atoms with Crippen LogP contribution in [0.3, 0.4) is 0 Å². The van der Waals surface area contributed by atoms with Gasteiger partial charge >= 0.3 is 0 Å². The highest BCUT2D eigenvalue weighted by atomic mass is 35.5. The zero-order chi connectivity index (χ0) is 13.2. The van der Waals surface area contributed by atoms with Gasteiger partial charge in [-0.25, -0.2) is 9.37 Å². The number of hydrogen-bond acceptors (Lipinski definition) is 2. The monoisotopic (exact) mass is 273 g/mol. The summed E-state index contributed by atoms with van der Waals surface area (Å²) < 4.78 is 18.7. The lowest BCUT2D eigenvalue weighted by molar-refractivity contribution is 0.476. The molecule has 0 atom stereocenters. The maximum atomic E-state index is 13.1. The van der Waals surface area contributed by atoms with Crippen LogP contribution in [0.5, 0.6) is 11.5 Å². The fourth-order valence-electron chi connectivity index (χ4n) is 1.80. The van der Waals surface area contributed by atoms with Crippen LogP contribution in [0.25, 0.3) is 10.9 Å². The van der Waals surface area contributed by atoms with Gasteiger partial charge in [0, 0.05) is 11.5 Å². The minimum absolute atomic E-state index is 0.253. The molecule has 0 aliphatic rings. The molecule has 0 unspecified atom stereocenters. The fourth-order valence-corrected chi connectivity index (χ4v) is 1.99. The lowest BCUT2D eigenvalue weighted by atomic mass is 10.2. The Kier molecular flexibility index (Phi) is 3.05. The molecular formula is C15H9ClFNO. The molecule has 0 spiro atoms. The van der Waals surface area contributed by atoms with Crippen molar-refractivity contribution in [2.45, 2.75) is 0 Å². The first-order valence-electron chi connectivity index (χ1n) is 5.71. The molecule has 0 saturated heterocycles. The van der Waals surface area contributed by atoms with Crippen LogP contribution in [0.1, 0.15) is 0 Å². The summed E-state index contributed by atoms with van der Waals surface area (Å²) in [6, 6.07) is 15.3. The van der Waals surface area contributed by atoms with Crippen LogP contribution in [-0.2, 0) is 0 Å². The predicted molar refractivity (Wildman–Crippen MR) is 73.2 cm³/mol. The number of hydrogen-bond donors (Lipinski definition) is 0. The maximum Gasteiger partial charge on any atom is 0.172 e. The first-order valence-corrected chi connectivity index (χ1v) is 6.09. The molecule has 0 N–H and O–H groups in total. The molecule has 0 radical (unpaired) electrons.